The highest BCUT2D eigenvalue weighted by atomic mass is 16.3. The van der Waals surface area contributed by atoms with Gasteiger partial charge in [0.25, 0.3) is 0 Å². The summed E-state index contributed by atoms with van der Waals surface area (Å²) in [4.78, 5) is 13.7. The number of benzene rings is 1. The Morgan fingerprint density at radius 2 is 2.12 bits per heavy atom. The van der Waals surface area contributed by atoms with Crippen molar-refractivity contribution in [2.75, 3.05) is 4.90 Å². The summed E-state index contributed by atoms with van der Waals surface area (Å²) in [7, 11) is 0. The van der Waals surface area contributed by atoms with E-state index in [1.54, 1.807) is 11.8 Å². The number of carbonyl (C=O) groups excluding carboxylic acids is 1. The highest BCUT2D eigenvalue weighted by Crippen LogP contribution is 2.44. The van der Waals surface area contributed by atoms with Gasteiger partial charge in [0.05, 0.1) is 11.7 Å². The van der Waals surface area contributed by atoms with Crippen molar-refractivity contribution in [2.24, 2.45) is 0 Å². The lowest BCUT2D eigenvalue weighted by Crippen LogP contribution is -2.47. The van der Waals surface area contributed by atoms with Crippen LogP contribution >= 0.6 is 0 Å². The Bertz CT molecular complexity index is 470. The van der Waals surface area contributed by atoms with Gasteiger partial charge >= 0.3 is 0 Å². The fourth-order valence-corrected chi connectivity index (χ4v) is 2.65. The molecule has 1 aromatic carbocycles. The zero-order chi connectivity index (χ0) is 11.5. The number of fused-ring (bicyclic) bond motifs is 3. The summed E-state index contributed by atoms with van der Waals surface area (Å²) < 4.78 is 0. The summed E-state index contributed by atoms with van der Waals surface area (Å²) in [5.74, 6) is 0.0234. The predicted molar refractivity (Wildman–Crippen MR) is 59.9 cm³/mol. The Kier molecular flexibility index (Phi) is 1.74. The molecule has 2 aliphatic heterocycles. The number of nitrogens with one attached hydrogen (secondary N) is 1. The molecule has 2 aliphatic rings. The number of aliphatic hydroxyl groups is 1. The molecule has 2 N–H and O–H groups in total. The first-order valence-electron chi connectivity index (χ1n) is 5.44. The third kappa shape index (κ3) is 0.982. The van der Waals surface area contributed by atoms with E-state index in [0.717, 1.165) is 11.3 Å². The number of para-hydroxylation sites is 1. The standard InChI is InChI=1S/C12H14N2O2/c1-7-10(15)14-9-6-4-3-5-8(9)12(2,16)11(14)13-7/h3-7,11,13,16H,1-2H3/t7-,11+,12-/m0/s1. The van der Waals surface area contributed by atoms with Crippen LogP contribution in [0.1, 0.15) is 19.4 Å². The fourth-order valence-electron chi connectivity index (χ4n) is 2.65. The molecule has 3 rings (SSSR count). The van der Waals surface area contributed by atoms with E-state index in [-0.39, 0.29) is 18.1 Å². The number of nitrogens with zero attached hydrogens (tertiary/aromatic N) is 1. The summed E-state index contributed by atoms with van der Waals surface area (Å²) in [6.07, 6.45) is -0.340. The Hall–Kier alpha value is -1.39. The molecule has 0 radical (unpaired) electrons. The lowest BCUT2D eigenvalue weighted by Gasteiger charge is -2.26. The molecule has 0 bridgehead atoms. The molecule has 1 fully saturated rings. The third-order valence-corrected chi connectivity index (χ3v) is 3.52. The van der Waals surface area contributed by atoms with Crippen molar-refractivity contribution in [1.29, 1.82) is 0 Å². The minimum atomic E-state index is -1.02. The smallest absolute Gasteiger partial charge is 0.245 e. The van der Waals surface area contributed by atoms with Gasteiger partial charge in [-0.05, 0) is 19.9 Å². The van der Waals surface area contributed by atoms with Crippen molar-refractivity contribution in [2.45, 2.75) is 31.7 Å². The molecule has 1 saturated heterocycles. The summed E-state index contributed by atoms with van der Waals surface area (Å²) >= 11 is 0. The minimum Gasteiger partial charge on any atom is -0.382 e. The van der Waals surface area contributed by atoms with E-state index in [2.05, 4.69) is 5.32 Å². The third-order valence-electron chi connectivity index (χ3n) is 3.52. The van der Waals surface area contributed by atoms with Crippen LogP contribution < -0.4 is 10.2 Å². The first-order valence-corrected chi connectivity index (χ1v) is 5.44. The quantitative estimate of drug-likeness (QED) is 0.669. The Morgan fingerprint density at radius 1 is 1.44 bits per heavy atom. The number of amides is 1. The molecule has 0 saturated carbocycles. The largest absolute Gasteiger partial charge is 0.382 e. The topological polar surface area (TPSA) is 52.6 Å². The minimum absolute atomic E-state index is 0.0234. The molecular formula is C12H14N2O2. The van der Waals surface area contributed by atoms with E-state index in [1.807, 2.05) is 31.2 Å². The molecule has 0 aromatic heterocycles. The summed E-state index contributed by atoms with van der Waals surface area (Å²) in [6.45, 7) is 3.56. The second-order valence-electron chi connectivity index (χ2n) is 4.66. The number of anilines is 1. The fraction of sp³-hybridized carbons (Fsp3) is 0.417. The number of carbonyl (C=O) groups is 1. The van der Waals surface area contributed by atoms with E-state index in [4.69, 9.17) is 0 Å². The van der Waals surface area contributed by atoms with E-state index < -0.39 is 5.60 Å². The molecule has 2 heterocycles. The highest BCUT2D eigenvalue weighted by molar-refractivity contribution is 6.02. The second-order valence-corrected chi connectivity index (χ2v) is 4.66. The number of rotatable bonds is 0. The molecule has 3 atom stereocenters. The zero-order valence-corrected chi connectivity index (χ0v) is 9.27. The van der Waals surface area contributed by atoms with Gasteiger partial charge in [-0.25, -0.2) is 0 Å². The van der Waals surface area contributed by atoms with Crippen LogP contribution in [0, 0.1) is 0 Å². The molecule has 0 unspecified atom stereocenters. The maximum absolute atomic E-state index is 12.0. The van der Waals surface area contributed by atoms with Crippen LogP contribution in [0.5, 0.6) is 0 Å². The van der Waals surface area contributed by atoms with Crippen LogP contribution in [0.4, 0.5) is 5.69 Å². The zero-order valence-electron chi connectivity index (χ0n) is 9.27. The maximum Gasteiger partial charge on any atom is 0.245 e. The van der Waals surface area contributed by atoms with Gasteiger partial charge < -0.3 is 5.11 Å². The average molecular weight is 218 g/mol. The molecule has 4 heteroatoms. The van der Waals surface area contributed by atoms with Gasteiger partial charge in [-0.3, -0.25) is 15.0 Å². The Labute approximate surface area is 93.9 Å². The van der Waals surface area contributed by atoms with E-state index in [9.17, 15) is 9.90 Å². The van der Waals surface area contributed by atoms with Crippen molar-refractivity contribution in [3.63, 3.8) is 0 Å². The molecule has 0 spiro atoms. The molecule has 0 aliphatic carbocycles. The average Bonchev–Trinajstić information content (AvgIpc) is 2.66. The van der Waals surface area contributed by atoms with Crippen LogP contribution in [0.3, 0.4) is 0 Å². The maximum atomic E-state index is 12.0. The van der Waals surface area contributed by atoms with Crippen molar-refractivity contribution >= 4 is 11.6 Å². The number of hydrogen-bond acceptors (Lipinski definition) is 3. The first kappa shape index (κ1) is 9.81. The van der Waals surface area contributed by atoms with Gasteiger partial charge in [0.1, 0.15) is 11.8 Å². The molecule has 1 aromatic rings. The SMILES string of the molecule is C[C@@H]1N[C@@H]2N(C1=O)c1ccccc1[C@]2(C)O. The summed E-state index contributed by atoms with van der Waals surface area (Å²) in [6, 6.07) is 7.27. The molecule has 84 valence electrons. The summed E-state index contributed by atoms with van der Waals surface area (Å²) in [5.41, 5.74) is 0.615. The monoisotopic (exact) mass is 218 g/mol. The van der Waals surface area contributed by atoms with Crippen molar-refractivity contribution < 1.29 is 9.90 Å². The van der Waals surface area contributed by atoms with Crippen LogP contribution in [0.2, 0.25) is 0 Å². The van der Waals surface area contributed by atoms with Gasteiger partial charge in [-0.1, -0.05) is 18.2 Å². The van der Waals surface area contributed by atoms with Crippen LogP contribution in [-0.2, 0) is 10.4 Å². The highest BCUT2D eigenvalue weighted by Gasteiger charge is 2.54. The van der Waals surface area contributed by atoms with E-state index >= 15 is 0 Å². The van der Waals surface area contributed by atoms with Crippen molar-refractivity contribution in [3.05, 3.63) is 29.8 Å². The first-order chi connectivity index (χ1) is 7.53. The summed E-state index contributed by atoms with van der Waals surface area (Å²) in [5, 5.41) is 13.6. The van der Waals surface area contributed by atoms with Gasteiger partial charge in [0.2, 0.25) is 5.91 Å². The van der Waals surface area contributed by atoms with Gasteiger partial charge in [-0.15, -0.1) is 0 Å². The van der Waals surface area contributed by atoms with Crippen molar-refractivity contribution in [3.8, 4) is 0 Å². The second kappa shape index (κ2) is 2.84. The predicted octanol–water partition coefficient (Wildman–Crippen LogP) is 0.558. The Morgan fingerprint density at radius 3 is 2.88 bits per heavy atom. The Balaban J connectivity index is 2.20. The molecule has 4 nitrogen and oxygen atoms in total. The molecule has 16 heavy (non-hydrogen) atoms. The van der Waals surface area contributed by atoms with Gasteiger partial charge in [0, 0.05) is 5.56 Å². The van der Waals surface area contributed by atoms with Crippen LogP contribution in [0.15, 0.2) is 24.3 Å². The van der Waals surface area contributed by atoms with E-state index in [0.29, 0.717) is 0 Å². The van der Waals surface area contributed by atoms with Gasteiger partial charge in [-0.2, -0.15) is 0 Å². The van der Waals surface area contributed by atoms with Crippen molar-refractivity contribution in [1.82, 2.24) is 5.32 Å². The lowest BCUT2D eigenvalue weighted by atomic mass is 9.96. The van der Waals surface area contributed by atoms with Crippen LogP contribution in [-0.4, -0.2) is 23.2 Å². The molecular weight excluding hydrogens is 204 g/mol. The van der Waals surface area contributed by atoms with E-state index in [1.165, 1.54) is 0 Å². The molecule has 1 amide bonds. The normalized spacial score (nSPS) is 36.4. The van der Waals surface area contributed by atoms with Crippen LogP contribution in [0.25, 0.3) is 0 Å². The lowest BCUT2D eigenvalue weighted by molar-refractivity contribution is -0.118. The van der Waals surface area contributed by atoms with Gasteiger partial charge in [0.15, 0.2) is 0 Å². The number of hydrogen-bond donors (Lipinski definition) is 2.